The summed E-state index contributed by atoms with van der Waals surface area (Å²) in [6.07, 6.45) is -0.452. The summed E-state index contributed by atoms with van der Waals surface area (Å²) in [6.45, 7) is 5.24. The van der Waals surface area contributed by atoms with E-state index >= 15 is 0 Å². The summed E-state index contributed by atoms with van der Waals surface area (Å²) in [4.78, 5) is 24.3. The number of carbonyl (C=O) groups excluding carboxylic acids is 2. The molecule has 0 saturated heterocycles. The predicted octanol–water partition coefficient (Wildman–Crippen LogP) is 5.00. The first-order valence-corrected chi connectivity index (χ1v) is 11.2. The third kappa shape index (κ3) is 7.49. The largest absolute Gasteiger partial charge is 0.508 e. The van der Waals surface area contributed by atoms with Crippen molar-refractivity contribution in [1.29, 1.82) is 0 Å². The van der Waals surface area contributed by atoms with Crippen molar-refractivity contribution in [2.24, 2.45) is 0 Å². The molecule has 162 valence electrons. The predicted molar refractivity (Wildman–Crippen MR) is 129 cm³/mol. The molecule has 0 aliphatic carbocycles. The van der Waals surface area contributed by atoms with Gasteiger partial charge < -0.3 is 24.6 Å². The van der Waals surface area contributed by atoms with Gasteiger partial charge in [-0.3, -0.25) is 0 Å². The molecule has 7 nitrogen and oxygen atoms in total. The molecule has 0 unspecified atom stereocenters. The fraction of sp³-hybridized carbons (Fsp3) is 0.333. The summed E-state index contributed by atoms with van der Waals surface area (Å²) in [7, 11) is 1.27. The molecular weight excluding hydrogens is 616 g/mol. The van der Waals surface area contributed by atoms with E-state index in [1.807, 2.05) is 12.1 Å². The molecule has 0 saturated carbocycles. The third-order valence-corrected chi connectivity index (χ3v) is 5.33. The molecule has 2 aromatic rings. The lowest BCUT2D eigenvalue weighted by atomic mass is 10.1. The molecule has 1 atom stereocenters. The van der Waals surface area contributed by atoms with Crippen molar-refractivity contribution in [3.05, 3.63) is 49.1 Å². The van der Waals surface area contributed by atoms with E-state index in [0.29, 0.717) is 11.5 Å². The number of phenols is 1. The van der Waals surface area contributed by atoms with Crippen molar-refractivity contribution in [2.75, 3.05) is 7.11 Å². The molecule has 0 aliphatic heterocycles. The molecule has 0 bridgehead atoms. The number of phenolic OH excluding ortho intramolecular Hbond substituents is 1. The zero-order valence-electron chi connectivity index (χ0n) is 17.0. The molecule has 0 aromatic heterocycles. The normalized spacial score (nSPS) is 12.1. The Morgan fingerprint density at radius 1 is 1.10 bits per heavy atom. The van der Waals surface area contributed by atoms with Crippen molar-refractivity contribution in [1.82, 2.24) is 5.32 Å². The Morgan fingerprint density at radius 2 is 1.67 bits per heavy atom. The maximum Gasteiger partial charge on any atom is 0.408 e. The van der Waals surface area contributed by atoms with Gasteiger partial charge in [-0.2, -0.15) is 0 Å². The Bertz CT molecular complexity index is 886. The lowest BCUT2D eigenvalue weighted by Crippen LogP contribution is -2.45. The van der Waals surface area contributed by atoms with Gasteiger partial charge in [0.15, 0.2) is 5.75 Å². The van der Waals surface area contributed by atoms with Crippen molar-refractivity contribution in [3.8, 4) is 17.2 Å². The molecule has 0 spiro atoms. The first kappa shape index (κ1) is 24.5. The molecule has 30 heavy (non-hydrogen) atoms. The van der Waals surface area contributed by atoms with Gasteiger partial charge in [0.1, 0.15) is 23.1 Å². The number of esters is 1. The maximum atomic E-state index is 12.2. The molecule has 1 amide bonds. The van der Waals surface area contributed by atoms with Crippen LogP contribution in [-0.4, -0.2) is 35.9 Å². The van der Waals surface area contributed by atoms with E-state index in [1.165, 1.54) is 7.11 Å². The van der Waals surface area contributed by atoms with Crippen LogP contribution in [0.3, 0.4) is 0 Å². The highest BCUT2D eigenvalue weighted by Crippen LogP contribution is 2.33. The summed E-state index contributed by atoms with van der Waals surface area (Å²) < 4.78 is 17.7. The van der Waals surface area contributed by atoms with Gasteiger partial charge in [-0.1, -0.05) is 0 Å². The average molecular weight is 639 g/mol. The molecule has 2 N–H and O–H groups in total. The number of benzene rings is 2. The smallest absolute Gasteiger partial charge is 0.408 e. The second kappa shape index (κ2) is 10.5. The van der Waals surface area contributed by atoms with Gasteiger partial charge in [0.05, 0.1) is 14.3 Å². The van der Waals surface area contributed by atoms with Crippen LogP contribution in [0.1, 0.15) is 26.3 Å². The quantitative estimate of drug-likeness (QED) is 0.342. The first-order chi connectivity index (χ1) is 14.0. The summed E-state index contributed by atoms with van der Waals surface area (Å²) >= 11 is 4.31. The minimum atomic E-state index is -0.889. The number of carbonyl (C=O) groups is 2. The van der Waals surface area contributed by atoms with Gasteiger partial charge in [0.25, 0.3) is 0 Å². The number of nitrogens with one attached hydrogen (secondary N) is 1. The summed E-state index contributed by atoms with van der Waals surface area (Å²) in [5, 5.41) is 12.0. The van der Waals surface area contributed by atoms with Gasteiger partial charge in [-0.05, 0) is 108 Å². The summed E-state index contributed by atoms with van der Waals surface area (Å²) in [5.74, 6) is 0.861. The van der Waals surface area contributed by atoms with E-state index in [9.17, 15) is 14.7 Å². The topological polar surface area (TPSA) is 94.1 Å². The number of halogens is 2. The van der Waals surface area contributed by atoms with Crippen LogP contribution in [0.15, 0.2) is 36.4 Å². The molecule has 9 heteroatoms. The molecule has 0 heterocycles. The van der Waals surface area contributed by atoms with Crippen molar-refractivity contribution in [2.45, 2.75) is 38.8 Å². The monoisotopic (exact) mass is 639 g/mol. The van der Waals surface area contributed by atoms with Crippen molar-refractivity contribution < 1.29 is 28.9 Å². The number of ether oxygens (including phenoxy) is 3. The molecule has 2 aromatic carbocycles. The van der Waals surface area contributed by atoms with E-state index in [1.54, 1.807) is 45.0 Å². The molecule has 2 rings (SSSR count). The molecule has 0 radical (unpaired) electrons. The van der Waals surface area contributed by atoms with Gasteiger partial charge in [-0.15, -0.1) is 0 Å². The fourth-order valence-corrected chi connectivity index (χ4v) is 4.60. The highest BCUT2D eigenvalue weighted by Gasteiger charge is 2.26. The summed E-state index contributed by atoms with van der Waals surface area (Å²) in [5.41, 5.74) is 0.149. The van der Waals surface area contributed by atoms with E-state index in [2.05, 4.69) is 50.5 Å². The standard InChI is InChI=1S/C21H23I2NO6/c1-21(2,3)30-20(27)24-17(19(26)28-4)11-12-9-15(22)18(16(23)10-12)29-14-7-5-13(25)6-8-14/h5-10,17,25H,11H2,1-4H3,(H,24,27)/t17-/m0/s1. The molecular formula is C21H23I2NO6. The van der Waals surface area contributed by atoms with E-state index in [4.69, 9.17) is 14.2 Å². The minimum absolute atomic E-state index is 0.161. The van der Waals surface area contributed by atoms with Crippen LogP contribution < -0.4 is 10.1 Å². The van der Waals surface area contributed by atoms with Crippen LogP contribution in [0, 0.1) is 7.14 Å². The summed E-state index contributed by atoms with van der Waals surface area (Å²) in [6, 6.07) is 9.32. The first-order valence-electron chi connectivity index (χ1n) is 9.00. The van der Waals surface area contributed by atoms with Crippen molar-refractivity contribution in [3.63, 3.8) is 0 Å². The lowest BCUT2D eigenvalue weighted by Gasteiger charge is -2.23. The average Bonchev–Trinajstić information content (AvgIpc) is 2.63. The van der Waals surface area contributed by atoms with Gasteiger partial charge in [0.2, 0.25) is 0 Å². The number of hydrogen-bond donors (Lipinski definition) is 2. The number of hydrogen-bond acceptors (Lipinski definition) is 6. The Labute approximate surface area is 202 Å². The van der Waals surface area contributed by atoms with Crippen LogP contribution in [0.25, 0.3) is 0 Å². The van der Waals surface area contributed by atoms with Gasteiger partial charge in [-0.25, -0.2) is 9.59 Å². The van der Waals surface area contributed by atoms with Crippen LogP contribution >= 0.6 is 45.2 Å². The van der Waals surface area contributed by atoms with Crippen LogP contribution in [0.2, 0.25) is 0 Å². The Balaban J connectivity index is 2.19. The van der Waals surface area contributed by atoms with Crippen LogP contribution in [-0.2, 0) is 20.7 Å². The SMILES string of the molecule is COC(=O)[C@H](Cc1cc(I)c(Oc2ccc(O)cc2)c(I)c1)NC(=O)OC(C)(C)C. The second-order valence-electron chi connectivity index (χ2n) is 7.41. The maximum absolute atomic E-state index is 12.2. The number of alkyl carbamates (subject to hydrolysis) is 1. The fourth-order valence-electron chi connectivity index (χ4n) is 2.48. The number of methoxy groups -OCH3 is 1. The van der Waals surface area contributed by atoms with Crippen LogP contribution in [0.4, 0.5) is 4.79 Å². The highest BCUT2D eigenvalue weighted by atomic mass is 127. The number of rotatable bonds is 6. The Morgan fingerprint density at radius 3 is 2.17 bits per heavy atom. The Kier molecular flexibility index (Phi) is 8.59. The zero-order chi connectivity index (χ0) is 22.5. The zero-order valence-corrected chi connectivity index (χ0v) is 21.3. The van der Waals surface area contributed by atoms with E-state index < -0.39 is 23.7 Å². The van der Waals surface area contributed by atoms with Gasteiger partial charge in [0, 0.05) is 6.42 Å². The number of amides is 1. The van der Waals surface area contributed by atoms with Crippen molar-refractivity contribution >= 4 is 57.2 Å². The Hall–Kier alpha value is -1.76. The van der Waals surface area contributed by atoms with Crippen LogP contribution in [0.5, 0.6) is 17.2 Å². The third-order valence-electron chi connectivity index (χ3n) is 3.73. The highest BCUT2D eigenvalue weighted by molar-refractivity contribution is 14.1. The minimum Gasteiger partial charge on any atom is -0.508 e. The lowest BCUT2D eigenvalue weighted by molar-refractivity contribution is -0.143. The number of aromatic hydroxyl groups is 1. The van der Waals surface area contributed by atoms with Gasteiger partial charge >= 0.3 is 12.1 Å². The second-order valence-corrected chi connectivity index (χ2v) is 9.74. The van der Waals surface area contributed by atoms with E-state index in [-0.39, 0.29) is 12.2 Å². The van der Waals surface area contributed by atoms with E-state index in [0.717, 1.165) is 12.7 Å². The molecule has 0 aliphatic rings. The molecule has 0 fully saturated rings.